The molecule has 0 aliphatic heterocycles. The van der Waals surface area contributed by atoms with Gasteiger partial charge in [-0.25, -0.2) is 4.79 Å². The van der Waals surface area contributed by atoms with Crippen LogP contribution < -0.4 is 0 Å². The Bertz CT molecular complexity index is 540. The Morgan fingerprint density at radius 3 is 2.55 bits per heavy atom. The Kier molecular flexibility index (Phi) is 6.02. The quantitative estimate of drug-likeness (QED) is 0.456. The average molecular weight is 298 g/mol. The molecule has 4 nitrogen and oxygen atoms in total. The summed E-state index contributed by atoms with van der Waals surface area (Å²) in [6.45, 7) is 8.41. The predicted octanol–water partition coefficient (Wildman–Crippen LogP) is 3.80. The molecule has 1 rings (SSSR count). The highest BCUT2D eigenvalue weighted by atomic mass is 35.5. The molecule has 0 N–H and O–H groups in total. The predicted molar refractivity (Wildman–Crippen MR) is 79.6 cm³/mol. The molecule has 110 valence electrons. The van der Waals surface area contributed by atoms with E-state index in [1.807, 2.05) is 13.8 Å². The van der Waals surface area contributed by atoms with E-state index in [0.717, 1.165) is 6.42 Å². The topological polar surface area (TPSA) is 48.3 Å². The number of rotatable bonds is 6. The van der Waals surface area contributed by atoms with Crippen molar-refractivity contribution in [2.75, 3.05) is 6.61 Å². The van der Waals surface area contributed by atoms with Crippen LogP contribution in [0.3, 0.4) is 0 Å². The van der Waals surface area contributed by atoms with Gasteiger partial charge in [0.05, 0.1) is 17.7 Å². The summed E-state index contributed by atoms with van der Waals surface area (Å²) in [6, 6.07) is 0. The van der Waals surface area contributed by atoms with Crippen molar-refractivity contribution < 1.29 is 14.3 Å². The smallest absolute Gasteiger partial charge is 0.340 e. The maximum Gasteiger partial charge on any atom is 0.340 e. The molecule has 1 aromatic rings. The number of hydrogen-bond acceptors (Lipinski definition) is 3. The van der Waals surface area contributed by atoms with Gasteiger partial charge in [0.1, 0.15) is 5.15 Å². The van der Waals surface area contributed by atoms with Crippen molar-refractivity contribution in [2.45, 2.75) is 40.7 Å². The Balaban J connectivity index is 3.17. The Morgan fingerprint density at radius 2 is 2.05 bits per heavy atom. The lowest BCUT2D eigenvalue weighted by Gasteiger charge is -2.07. The number of ether oxygens (including phenoxy) is 1. The standard InChI is InChI=1S/C15H20ClNO3/c1-5-20-15(19)13-11(4)17(8-6-7-10(2)3)14(16)12(13)9-18/h7,9H,5-6,8H2,1-4H3. The minimum Gasteiger partial charge on any atom is -0.462 e. The minimum absolute atomic E-state index is 0.208. The largest absolute Gasteiger partial charge is 0.462 e. The first-order valence-electron chi connectivity index (χ1n) is 6.58. The molecule has 0 aromatic carbocycles. The first kappa shape index (κ1) is 16.5. The molecule has 0 saturated heterocycles. The Morgan fingerprint density at radius 1 is 1.40 bits per heavy atom. The van der Waals surface area contributed by atoms with Gasteiger partial charge in [0, 0.05) is 12.2 Å². The number of aldehydes is 1. The summed E-state index contributed by atoms with van der Waals surface area (Å²) in [6.07, 6.45) is 3.48. The molecule has 0 amide bonds. The number of nitrogens with zero attached hydrogens (tertiary/aromatic N) is 1. The molecule has 0 aliphatic carbocycles. The SMILES string of the molecule is CCOC(=O)c1c(C=O)c(Cl)n(CCC=C(C)C)c1C. The van der Waals surface area contributed by atoms with Crippen LogP contribution in [0.4, 0.5) is 0 Å². The van der Waals surface area contributed by atoms with Crippen LogP contribution >= 0.6 is 11.6 Å². The number of esters is 1. The lowest BCUT2D eigenvalue weighted by molar-refractivity contribution is 0.0523. The number of allylic oxidation sites excluding steroid dienone is 2. The van der Waals surface area contributed by atoms with Gasteiger partial charge in [-0.1, -0.05) is 23.3 Å². The number of aromatic nitrogens is 1. The number of halogens is 1. The highest BCUT2D eigenvalue weighted by Gasteiger charge is 2.24. The second-order valence-electron chi connectivity index (χ2n) is 4.73. The fraction of sp³-hybridized carbons (Fsp3) is 0.467. The summed E-state index contributed by atoms with van der Waals surface area (Å²) in [7, 11) is 0. The lowest BCUT2D eigenvalue weighted by Crippen LogP contribution is -2.08. The maximum absolute atomic E-state index is 11.9. The van der Waals surface area contributed by atoms with Gasteiger partial charge in [0.15, 0.2) is 6.29 Å². The van der Waals surface area contributed by atoms with Gasteiger partial charge >= 0.3 is 5.97 Å². The van der Waals surface area contributed by atoms with Crippen molar-refractivity contribution in [2.24, 2.45) is 0 Å². The van der Waals surface area contributed by atoms with Crippen molar-refractivity contribution in [1.82, 2.24) is 4.57 Å². The van der Waals surface area contributed by atoms with Crippen molar-refractivity contribution in [3.05, 3.63) is 33.6 Å². The van der Waals surface area contributed by atoms with E-state index in [0.29, 0.717) is 23.7 Å². The maximum atomic E-state index is 11.9. The van der Waals surface area contributed by atoms with Crippen LogP contribution in [-0.2, 0) is 11.3 Å². The first-order valence-corrected chi connectivity index (χ1v) is 6.96. The normalized spacial score (nSPS) is 10.2. The average Bonchev–Trinajstić information content (AvgIpc) is 2.62. The van der Waals surface area contributed by atoms with Crippen LogP contribution in [0.15, 0.2) is 11.6 Å². The third-order valence-electron chi connectivity index (χ3n) is 3.00. The molecule has 1 heterocycles. The van der Waals surface area contributed by atoms with Crippen LogP contribution in [0.5, 0.6) is 0 Å². The van der Waals surface area contributed by atoms with Crippen molar-refractivity contribution in [3.8, 4) is 0 Å². The molecule has 1 aromatic heterocycles. The molecular formula is C15H20ClNO3. The molecule has 5 heteroatoms. The van der Waals surface area contributed by atoms with Gasteiger partial charge in [0.2, 0.25) is 0 Å². The summed E-state index contributed by atoms with van der Waals surface area (Å²) in [4.78, 5) is 23.1. The van der Waals surface area contributed by atoms with Gasteiger partial charge in [-0.2, -0.15) is 0 Å². The van der Waals surface area contributed by atoms with E-state index in [-0.39, 0.29) is 17.7 Å². The highest BCUT2D eigenvalue weighted by Crippen LogP contribution is 2.27. The van der Waals surface area contributed by atoms with E-state index >= 15 is 0 Å². The monoisotopic (exact) mass is 297 g/mol. The molecule has 0 fully saturated rings. The van der Waals surface area contributed by atoms with Crippen LogP contribution in [-0.4, -0.2) is 23.4 Å². The van der Waals surface area contributed by atoms with Gasteiger partial charge < -0.3 is 9.30 Å². The van der Waals surface area contributed by atoms with Gasteiger partial charge in [-0.15, -0.1) is 0 Å². The second kappa shape index (κ2) is 7.29. The van der Waals surface area contributed by atoms with Crippen LogP contribution in [0.1, 0.15) is 53.6 Å². The van der Waals surface area contributed by atoms with Crippen LogP contribution in [0.2, 0.25) is 5.15 Å². The summed E-state index contributed by atoms with van der Waals surface area (Å²) in [5, 5.41) is 0.294. The van der Waals surface area contributed by atoms with Gasteiger partial charge in [0.25, 0.3) is 0 Å². The lowest BCUT2D eigenvalue weighted by atomic mass is 10.1. The number of carbonyl (C=O) groups is 2. The summed E-state index contributed by atoms with van der Waals surface area (Å²) in [5.74, 6) is -0.505. The molecule has 0 radical (unpaired) electrons. The molecule has 0 spiro atoms. The molecule has 0 aliphatic rings. The summed E-state index contributed by atoms with van der Waals surface area (Å²) >= 11 is 6.20. The number of carbonyl (C=O) groups excluding carboxylic acids is 2. The van der Waals surface area contributed by atoms with E-state index in [2.05, 4.69) is 6.08 Å². The van der Waals surface area contributed by atoms with Crippen LogP contribution in [0, 0.1) is 6.92 Å². The van der Waals surface area contributed by atoms with Crippen molar-refractivity contribution in [3.63, 3.8) is 0 Å². The summed E-state index contributed by atoms with van der Waals surface area (Å²) in [5.41, 5.74) is 2.36. The third kappa shape index (κ3) is 3.51. The third-order valence-corrected chi connectivity index (χ3v) is 3.41. The van der Waals surface area contributed by atoms with E-state index in [9.17, 15) is 9.59 Å². The Labute approximate surface area is 124 Å². The highest BCUT2D eigenvalue weighted by molar-refractivity contribution is 6.33. The van der Waals surface area contributed by atoms with Crippen molar-refractivity contribution >= 4 is 23.9 Å². The molecular weight excluding hydrogens is 278 g/mol. The van der Waals surface area contributed by atoms with Crippen molar-refractivity contribution in [1.29, 1.82) is 0 Å². The molecule has 0 saturated carbocycles. The zero-order chi connectivity index (χ0) is 15.3. The van der Waals surface area contributed by atoms with E-state index < -0.39 is 5.97 Å². The summed E-state index contributed by atoms with van der Waals surface area (Å²) < 4.78 is 6.76. The molecule has 0 unspecified atom stereocenters. The van der Waals surface area contributed by atoms with Crippen LogP contribution in [0.25, 0.3) is 0 Å². The van der Waals surface area contributed by atoms with E-state index in [4.69, 9.17) is 16.3 Å². The molecule has 20 heavy (non-hydrogen) atoms. The van der Waals surface area contributed by atoms with Gasteiger partial charge in [-0.05, 0) is 34.1 Å². The second-order valence-corrected chi connectivity index (χ2v) is 5.08. The van der Waals surface area contributed by atoms with Gasteiger partial charge in [-0.3, -0.25) is 4.79 Å². The van der Waals surface area contributed by atoms with E-state index in [1.165, 1.54) is 5.57 Å². The first-order chi connectivity index (χ1) is 9.43. The zero-order valence-corrected chi connectivity index (χ0v) is 13.1. The Hall–Kier alpha value is -1.55. The number of hydrogen-bond donors (Lipinski definition) is 0. The molecule has 0 bridgehead atoms. The molecule has 0 atom stereocenters. The fourth-order valence-electron chi connectivity index (χ4n) is 2.04. The fourth-order valence-corrected chi connectivity index (χ4v) is 2.39. The minimum atomic E-state index is -0.505. The zero-order valence-electron chi connectivity index (χ0n) is 12.3. The van der Waals surface area contributed by atoms with E-state index in [1.54, 1.807) is 18.4 Å².